The van der Waals surface area contributed by atoms with E-state index in [4.69, 9.17) is 4.74 Å². The summed E-state index contributed by atoms with van der Waals surface area (Å²) in [7, 11) is 0. The third-order valence-electron chi connectivity index (χ3n) is 4.20. The number of amides is 1. The quantitative estimate of drug-likeness (QED) is 0.568. The van der Waals surface area contributed by atoms with Gasteiger partial charge in [-0.1, -0.05) is 36.4 Å². The molecule has 0 radical (unpaired) electrons. The van der Waals surface area contributed by atoms with Crippen molar-refractivity contribution >= 4 is 33.4 Å². The first-order valence-electron chi connectivity index (χ1n) is 8.24. The van der Waals surface area contributed by atoms with Crippen molar-refractivity contribution in [1.82, 2.24) is 4.98 Å². The normalized spacial score (nSPS) is 12.2. The second kappa shape index (κ2) is 6.32. The Balaban J connectivity index is 1.53. The molecule has 4 nitrogen and oxygen atoms in total. The molecule has 1 amide bonds. The number of hydrogen-bond acceptors (Lipinski definition) is 2. The maximum Gasteiger partial charge on any atom is 0.265 e. The van der Waals surface area contributed by atoms with E-state index in [1.807, 2.05) is 66.7 Å². The molecule has 4 rings (SSSR count). The predicted octanol–water partition coefficient (Wildman–Crippen LogP) is 4.73. The number of aromatic nitrogens is 1. The second-order valence-electron chi connectivity index (χ2n) is 5.99. The number of para-hydroxylation sites is 2. The summed E-state index contributed by atoms with van der Waals surface area (Å²) >= 11 is 0. The fraction of sp³-hybridized carbons (Fsp3) is 0.0952. The first-order chi connectivity index (χ1) is 12.2. The van der Waals surface area contributed by atoms with E-state index in [0.717, 1.165) is 22.1 Å². The van der Waals surface area contributed by atoms with E-state index < -0.39 is 6.10 Å². The van der Waals surface area contributed by atoms with Gasteiger partial charge >= 0.3 is 0 Å². The van der Waals surface area contributed by atoms with Crippen molar-refractivity contribution in [2.75, 3.05) is 5.32 Å². The molecule has 0 bridgehead atoms. The lowest BCUT2D eigenvalue weighted by atomic mass is 10.1. The molecule has 0 saturated heterocycles. The first-order valence-corrected chi connectivity index (χ1v) is 8.24. The van der Waals surface area contributed by atoms with Crippen molar-refractivity contribution < 1.29 is 9.53 Å². The Morgan fingerprint density at radius 3 is 2.48 bits per heavy atom. The lowest BCUT2D eigenvalue weighted by Crippen LogP contribution is -2.30. The Bertz CT molecular complexity index is 1040. The summed E-state index contributed by atoms with van der Waals surface area (Å²) in [6.07, 6.45) is -0.595. The first kappa shape index (κ1) is 15.3. The van der Waals surface area contributed by atoms with E-state index in [0.29, 0.717) is 5.75 Å². The molecule has 0 aliphatic carbocycles. The summed E-state index contributed by atoms with van der Waals surface area (Å²) in [6.45, 7) is 1.74. The summed E-state index contributed by atoms with van der Waals surface area (Å²) in [4.78, 5) is 15.7. The van der Waals surface area contributed by atoms with Crippen LogP contribution in [0.5, 0.6) is 5.75 Å². The highest BCUT2D eigenvalue weighted by Gasteiger charge is 2.15. The number of aromatic amines is 1. The van der Waals surface area contributed by atoms with Crippen LogP contribution in [0.25, 0.3) is 21.8 Å². The number of carbonyl (C=O) groups is 1. The minimum atomic E-state index is -0.595. The fourth-order valence-corrected chi connectivity index (χ4v) is 2.93. The molecule has 0 aliphatic rings. The van der Waals surface area contributed by atoms with Crippen LogP contribution in [0.2, 0.25) is 0 Å². The molecule has 1 aromatic heterocycles. The number of nitrogens with one attached hydrogen (secondary N) is 2. The number of benzene rings is 3. The van der Waals surface area contributed by atoms with E-state index in [-0.39, 0.29) is 5.91 Å². The smallest absolute Gasteiger partial charge is 0.265 e. The van der Waals surface area contributed by atoms with Gasteiger partial charge in [-0.05, 0) is 37.3 Å². The Hall–Kier alpha value is -3.27. The molecule has 2 N–H and O–H groups in total. The zero-order valence-corrected chi connectivity index (χ0v) is 13.8. The van der Waals surface area contributed by atoms with E-state index in [9.17, 15) is 4.79 Å². The van der Waals surface area contributed by atoms with Crippen LogP contribution < -0.4 is 10.1 Å². The predicted molar refractivity (Wildman–Crippen MR) is 101 cm³/mol. The van der Waals surface area contributed by atoms with Gasteiger partial charge in [-0.2, -0.15) is 0 Å². The van der Waals surface area contributed by atoms with Crippen LogP contribution in [0, 0.1) is 0 Å². The van der Waals surface area contributed by atoms with Gasteiger partial charge in [0, 0.05) is 28.0 Å². The minimum absolute atomic E-state index is 0.178. The Labute approximate surface area is 145 Å². The zero-order chi connectivity index (χ0) is 17.2. The molecule has 25 heavy (non-hydrogen) atoms. The highest BCUT2D eigenvalue weighted by atomic mass is 16.5. The van der Waals surface area contributed by atoms with E-state index in [2.05, 4.69) is 16.4 Å². The van der Waals surface area contributed by atoms with E-state index >= 15 is 0 Å². The third kappa shape index (κ3) is 3.06. The average Bonchev–Trinajstić information content (AvgIpc) is 3.00. The number of fused-ring (bicyclic) bond motifs is 3. The van der Waals surface area contributed by atoms with Crippen molar-refractivity contribution in [2.45, 2.75) is 13.0 Å². The molecule has 1 atom stereocenters. The van der Waals surface area contributed by atoms with Crippen LogP contribution in [0.3, 0.4) is 0 Å². The summed E-state index contributed by atoms with van der Waals surface area (Å²) in [6, 6.07) is 23.4. The van der Waals surface area contributed by atoms with E-state index in [1.54, 1.807) is 6.92 Å². The van der Waals surface area contributed by atoms with Gasteiger partial charge in [0.15, 0.2) is 6.10 Å². The standard InChI is InChI=1S/C21H18N2O2/c1-14(21(24)22-15-7-3-2-4-8-15)25-16-11-12-18-17-9-5-6-10-19(17)23-20(18)13-16/h2-14,23H,1H3,(H,22,24). The molecule has 1 heterocycles. The highest BCUT2D eigenvalue weighted by molar-refractivity contribution is 6.07. The zero-order valence-electron chi connectivity index (χ0n) is 13.8. The third-order valence-corrected chi connectivity index (χ3v) is 4.20. The molecular weight excluding hydrogens is 312 g/mol. The van der Waals surface area contributed by atoms with E-state index in [1.165, 1.54) is 5.39 Å². The number of anilines is 1. The number of H-pyrrole nitrogens is 1. The molecule has 4 heteroatoms. The summed E-state index contributed by atoms with van der Waals surface area (Å²) in [5.41, 5.74) is 2.84. The lowest BCUT2D eigenvalue weighted by Gasteiger charge is -2.14. The molecule has 1 unspecified atom stereocenters. The number of ether oxygens (including phenoxy) is 1. The maximum atomic E-state index is 12.3. The second-order valence-corrected chi connectivity index (χ2v) is 5.99. The molecule has 0 spiro atoms. The van der Waals surface area contributed by atoms with Crippen LogP contribution in [0.4, 0.5) is 5.69 Å². The molecule has 0 saturated carbocycles. The van der Waals surface area contributed by atoms with Crippen LogP contribution >= 0.6 is 0 Å². The molecule has 3 aromatic carbocycles. The maximum absolute atomic E-state index is 12.3. The lowest BCUT2D eigenvalue weighted by molar-refractivity contribution is -0.122. The topological polar surface area (TPSA) is 54.1 Å². The monoisotopic (exact) mass is 330 g/mol. The average molecular weight is 330 g/mol. The Morgan fingerprint density at radius 2 is 1.64 bits per heavy atom. The van der Waals surface area contributed by atoms with Crippen molar-refractivity contribution in [3.8, 4) is 5.75 Å². The summed E-state index contributed by atoms with van der Waals surface area (Å²) < 4.78 is 5.82. The molecule has 124 valence electrons. The van der Waals surface area contributed by atoms with Gasteiger partial charge in [0.2, 0.25) is 0 Å². The van der Waals surface area contributed by atoms with Crippen molar-refractivity contribution in [1.29, 1.82) is 0 Å². The fourth-order valence-electron chi connectivity index (χ4n) is 2.93. The van der Waals surface area contributed by atoms with Crippen molar-refractivity contribution in [2.24, 2.45) is 0 Å². The largest absolute Gasteiger partial charge is 0.481 e. The van der Waals surface area contributed by atoms with Gasteiger partial charge in [0.25, 0.3) is 5.91 Å². The molecule has 0 aliphatic heterocycles. The minimum Gasteiger partial charge on any atom is -0.481 e. The highest BCUT2D eigenvalue weighted by Crippen LogP contribution is 2.28. The Kier molecular flexibility index (Phi) is 3.86. The van der Waals surface area contributed by atoms with Crippen molar-refractivity contribution in [3.05, 3.63) is 72.8 Å². The van der Waals surface area contributed by atoms with Gasteiger partial charge in [0.05, 0.1) is 5.52 Å². The number of carbonyl (C=O) groups excluding carboxylic acids is 1. The molecule has 4 aromatic rings. The van der Waals surface area contributed by atoms with Crippen LogP contribution in [0.15, 0.2) is 72.8 Å². The SMILES string of the molecule is CC(Oc1ccc2c(c1)[nH]c1ccccc12)C(=O)Nc1ccccc1. The van der Waals surface area contributed by atoms with Gasteiger partial charge in [-0.15, -0.1) is 0 Å². The number of rotatable bonds is 4. The van der Waals surface area contributed by atoms with Crippen molar-refractivity contribution in [3.63, 3.8) is 0 Å². The summed E-state index contributed by atoms with van der Waals surface area (Å²) in [5, 5.41) is 5.17. The van der Waals surface area contributed by atoms with Gasteiger partial charge in [0.1, 0.15) is 5.75 Å². The molecule has 0 fully saturated rings. The summed E-state index contributed by atoms with van der Waals surface area (Å²) in [5.74, 6) is 0.484. The van der Waals surface area contributed by atoms with Crippen LogP contribution in [0.1, 0.15) is 6.92 Å². The Morgan fingerprint density at radius 1 is 0.920 bits per heavy atom. The van der Waals surface area contributed by atoms with Crippen LogP contribution in [-0.2, 0) is 4.79 Å². The van der Waals surface area contributed by atoms with Gasteiger partial charge < -0.3 is 15.0 Å². The van der Waals surface area contributed by atoms with Crippen LogP contribution in [-0.4, -0.2) is 17.0 Å². The number of hydrogen-bond donors (Lipinski definition) is 2. The van der Waals surface area contributed by atoms with Gasteiger partial charge in [-0.3, -0.25) is 4.79 Å². The molecular formula is C21H18N2O2. The van der Waals surface area contributed by atoms with Gasteiger partial charge in [-0.25, -0.2) is 0 Å².